The second-order valence-electron chi connectivity index (χ2n) is 6.41. The van der Waals surface area contributed by atoms with Crippen LogP contribution in [0.25, 0.3) is 11.3 Å². The minimum atomic E-state index is -1.14. The lowest BCUT2D eigenvalue weighted by molar-refractivity contribution is -0.143. The molecule has 0 saturated heterocycles. The highest BCUT2D eigenvalue weighted by molar-refractivity contribution is 5.83. The molecule has 0 radical (unpaired) electrons. The van der Waals surface area contributed by atoms with Gasteiger partial charge in [-0.05, 0) is 30.2 Å². The monoisotopic (exact) mass is 389 g/mol. The molecule has 2 N–H and O–H groups in total. The molecule has 1 heterocycles. The number of nitrogens with zero attached hydrogens (tertiary/aromatic N) is 2. The van der Waals surface area contributed by atoms with Gasteiger partial charge in [0.25, 0.3) is 5.56 Å². The Morgan fingerprint density at radius 3 is 2.39 bits per heavy atom. The molecule has 0 unspecified atom stereocenters. The van der Waals surface area contributed by atoms with Gasteiger partial charge in [0.05, 0.1) is 19.9 Å². The summed E-state index contributed by atoms with van der Waals surface area (Å²) in [7, 11) is 3.03. The Bertz CT molecular complexity index is 922. The Morgan fingerprint density at radius 2 is 1.82 bits per heavy atom. The quantitative estimate of drug-likeness (QED) is 0.695. The van der Waals surface area contributed by atoms with Crippen molar-refractivity contribution in [1.82, 2.24) is 15.1 Å². The van der Waals surface area contributed by atoms with E-state index in [1.807, 2.05) is 0 Å². The van der Waals surface area contributed by atoms with Crippen LogP contribution in [0.3, 0.4) is 0 Å². The topological polar surface area (TPSA) is 120 Å². The molecule has 0 saturated carbocycles. The first-order valence-corrected chi connectivity index (χ1v) is 8.59. The van der Waals surface area contributed by atoms with Crippen molar-refractivity contribution in [2.75, 3.05) is 14.2 Å². The Morgan fingerprint density at radius 1 is 1.14 bits per heavy atom. The van der Waals surface area contributed by atoms with E-state index < -0.39 is 30.0 Å². The number of carbonyl (C=O) groups is 2. The van der Waals surface area contributed by atoms with Gasteiger partial charge in [-0.1, -0.05) is 13.8 Å². The standard InChI is InChI=1S/C19H23N3O6/c1-11(2)18(19(25)26)20-16(23)10-22-17(24)8-6-13(21-22)12-5-7-14(27-3)15(9-12)28-4/h5-9,11,18H,10H2,1-4H3,(H,20,23)(H,25,26)/t18-/m1/s1. The second-order valence-corrected chi connectivity index (χ2v) is 6.41. The third-order valence-electron chi connectivity index (χ3n) is 4.09. The van der Waals surface area contributed by atoms with Crippen LogP contribution < -0.4 is 20.3 Å². The summed E-state index contributed by atoms with van der Waals surface area (Å²) in [4.78, 5) is 35.5. The van der Waals surface area contributed by atoms with Crippen molar-refractivity contribution in [2.45, 2.75) is 26.4 Å². The molecular weight excluding hydrogens is 366 g/mol. The van der Waals surface area contributed by atoms with Crippen molar-refractivity contribution in [3.8, 4) is 22.8 Å². The summed E-state index contributed by atoms with van der Waals surface area (Å²) < 4.78 is 11.4. The number of ether oxygens (including phenoxy) is 2. The first-order chi connectivity index (χ1) is 13.3. The highest BCUT2D eigenvalue weighted by Gasteiger charge is 2.23. The largest absolute Gasteiger partial charge is 0.493 e. The van der Waals surface area contributed by atoms with E-state index in [9.17, 15) is 19.5 Å². The number of hydrogen-bond donors (Lipinski definition) is 2. The molecule has 1 amide bonds. The van der Waals surface area contributed by atoms with Gasteiger partial charge in [0, 0.05) is 11.6 Å². The van der Waals surface area contributed by atoms with Crippen LogP contribution in [-0.4, -0.2) is 47.0 Å². The van der Waals surface area contributed by atoms with Gasteiger partial charge >= 0.3 is 5.97 Å². The number of carbonyl (C=O) groups excluding carboxylic acids is 1. The molecule has 0 fully saturated rings. The SMILES string of the molecule is COc1ccc(-c2ccc(=O)n(CC(=O)N[C@@H](C(=O)O)C(C)C)n2)cc1OC. The second kappa shape index (κ2) is 9.03. The van der Waals surface area contributed by atoms with Crippen molar-refractivity contribution in [1.29, 1.82) is 0 Å². The minimum Gasteiger partial charge on any atom is -0.493 e. The molecule has 9 heteroatoms. The predicted molar refractivity (Wildman–Crippen MR) is 101 cm³/mol. The zero-order valence-electron chi connectivity index (χ0n) is 16.1. The zero-order valence-corrected chi connectivity index (χ0v) is 16.1. The Kier molecular flexibility index (Phi) is 6.75. The van der Waals surface area contributed by atoms with E-state index in [4.69, 9.17) is 9.47 Å². The summed E-state index contributed by atoms with van der Waals surface area (Å²) in [6.45, 7) is 2.97. The van der Waals surface area contributed by atoms with Gasteiger partial charge in [0.15, 0.2) is 11.5 Å². The number of benzene rings is 1. The summed E-state index contributed by atoms with van der Waals surface area (Å²) in [6.07, 6.45) is 0. The van der Waals surface area contributed by atoms with E-state index in [0.29, 0.717) is 22.8 Å². The third-order valence-corrected chi connectivity index (χ3v) is 4.09. The molecule has 150 valence electrons. The van der Waals surface area contributed by atoms with E-state index >= 15 is 0 Å². The first kappa shape index (κ1) is 20.9. The van der Waals surface area contributed by atoms with Crippen LogP contribution >= 0.6 is 0 Å². The van der Waals surface area contributed by atoms with Gasteiger partial charge in [0.2, 0.25) is 5.91 Å². The molecule has 28 heavy (non-hydrogen) atoms. The Hall–Kier alpha value is -3.36. The molecule has 1 atom stereocenters. The lowest BCUT2D eigenvalue weighted by Crippen LogP contribution is -2.46. The average Bonchev–Trinajstić information content (AvgIpc) is 2.66. The van der Waals surface area contributed by atoms with Gasteiger partial charge in [0.1, 0.15) is 12.6 Å². The fourth-order valence-corrected chi connectivity index (χ4v) is 2.58. The van der Waals surface area contributed by atoms with Crippen LogP contribution in [0, 0.1) is 5.92 Å². The number of hydrogen-bond acceptors (Lipinski definition) is 6. The van der Waals surface area contributed by atoms with Crippen molar-refractivity contribution in [3.63, 3.8) is 0 Å². The van der Waals surface area contributed by atoms with Crippen LogP contribution in [0.1, 0.15) is 13.8 Å². The van der Waals surface area contributed by atoms with E-state index in [2.05, 4.69) is 10.4 Å². The molecule has 2 aromatic rings. The first-order valence-electron chi connectivity index (χ1n) is 8.59. The van der Waals surface area contributed by atoms with Crippen LogP contribution in [-0.2, 0) is 16.1 Å². The number of carboxylic acid groups (broad SMARTS) is 1. The number of rotatable bonds is 8. The highest BCUT2D eigenvalue weighted by Crippen LogP contribution is 2.31. The number of methoxy groups -OCH3 is 2. The molecule has 0 aliphatic heterocycles. The van der Waals surface area contributed by atoms with Crippen LogP contribution in [0.2, 0.25) is 0 Å². The molecule has 9 nitrogen and oxygen atoms in total. The summed E-state index contributed by atoms with van der Waals surface area (Å²) in [5.41, 5.74) is 0.639. The maximum Gasteiger partial charge on any atom is 0.326 e. The predicted octanol–water partition coefficient (Wildman–Crippen LogP) is 1.15. The smallest absolute Gasteiger partial charge is 0.326 e. The van der Waals surface area contributed by atoms with Gasteiger partial charge < -0.3 is 19.9 Å². The van der Waals surface area contributed by atoms with Gasteiger partial charge in [-0.15, -0.1) is 0 Å². The van der Waals surface area contributed by atoms with Crippen LogP contribution in [0.15, 0.2) is 35.1 Å². The van der Waals surface area contributed by atoms with Crippen molar-refractivity contribution >= 4 is 11.9 Å². The molecule has 1 aromatic heterocycles. The number of amides is 1. The van der Waals surface area contributed by atoms with E-state index in [0.717, 1.165) is 4.68 Å². The average molecular weight is 389 g/mol. The third kappa shape index (κ3) is 4.87. The van der Waals surface area contributed by atoms with Gasteiger partial charge in [-0.2, -0.15) is 5.10 Å². The molecular formula is C19H23N3O6. The number of nitrogens with one attached hydrogen (secondary N) is 1. The zero-order chi connectivity index (χ0) is 20.8. The number of carboxylic acids is 1. The lowest BCUT2D eigenvalue weighted by Gasteiger charge is -2.18. The summed E-state index contributed by atoms with van der Waals surface area (Å²) >= 11 is 0. The van der Waals surface area contributed by atoms with Crippen LogP contribution in [0.5, 0.6) is 11.5 Å². The summed E-state index contributed by atoms with van der Waals surface area (Å²) in [5, 5.41) is 15.8. The molecule has 0 aliphatic rings. The van der Waals surface area contributed by atoms with Crippen LogP contribution in [0.4, 0.5) is 0 Å². The maximum atomic E-state index is 12.2. The lowest BCUT2D eigenvalue weighted by atomic mass is 10.1. The highest BCUT2D eigenvalue weighted by atomic mass is 16.5. The maximum absolute atomic E-state index is 12.2. The Balaban J connectivity index is 2.27. The summed E-state index contributed by atoms with van der Waals surface area (Å²) in [5.74, 6) is -1.00. The minimum absolute atomic E-state index is 0.302. The van der Waals surface area contributed by atoms with Gasteiger partial charge in [-0.25, -0.2) is 9.48 Å². The van der Waals surface area contributed by atoms with Gasteiger partial charge in [-0.3, -0.25) is 9.59 Å². The fourth-order valence-electron chi connectivity index (χ4n) is 2.58. The number of aliphatic carboxylic acids is 1. The fraction of sp³-hybridized carbons (Fsp3) is 0.368. The molecule has 0 bridgehead atoms. The Labute approximate surface area is 161 Å². The number of aromatic nitrogens is 2. The van der Waals surface area contributed by atoms with Crippen molar-refractivity contribution in [2.24, 2.45) is 5.92 Å². The molecule has 1 aromatic carbocycles. The van der Waals surface area contributed by atoms with E-state index in [1.54, 1.807) is 32.0 Å². The van der Waals surface area contributed by atoms with E-state index in [-0.39, 0.29) is 5.92 Å². The molecule has 2 rings (SSSR count). The summed E-state index contributed by atoms with van der Waals surface area (Å²) in [6, 6.07) is 6.94. The van der Waals surface area contributed by atoms with E-state index in [1.165, 1.54) is 26.4 Å². The molecule has 0 spiro atoms. The van der Waals surface area contributed by atoms with Crippen molar-refractivity contribution < 1.29 is 24.2 Å². The molecule has 0 aliphatic carbocycles. The van der Waals surface area contributed by atoms with Crippen molar-refractivity contribution in [3.05, 3.63) is 40.7 Å². The normalized spacial score (nSPS) is 11.8.